The second-order valence-electron chi connectivity index (χ2n) is 5.89. The Morgan fingerprint density at radius 3 is 2.46 bits per heavy atom. The van der Waals surface area contributed by atoms with Gasteiger partial charge >= 0.3 is 0 Å². The number of rotatable bonds is 6. The van der Waals surface area contributed by atoms with Crippen molar-refractivity contribution in [2.24, 2.45) is 0 Å². The molecule has 0 spiro atoms. The standard InChI is InChI=1S/C20H19ClN4O3/c1-12-8-13(21)4-6-15(12)25-20(26)17-10-23-19(11-22-17)24-16-9-14(27-2)5-7-18(16)28-3/h4-11H,1-3H3,(H,23,24)(H,25,26). The first-order chi connectivity index (χ1) is 13.5. The van der Waals surface area contributed by atoms with Crippen LogP contribution < -0.4 is 20.1 Å². The molecule has 2 aromatic carbocycles. The van der Waals surface area contributed by atoms with E-state index in [1.54, 1.807) is 50.6 Å². The summed E-state index contributed by atoms with van der Waals surface area (Å²) >= 11 is 5.94. The number of hydrogen-bond donors (Lipinski definition) is 2. The molecule has 1 amide bonds. The smallest absolute Gasteiger partial charge is 0.275 e. The Hall–Kier alpha value is -3.32. The normalized spacial score (nSPS) is 10.3. The van der Waals surface area contributed by atoms with Gasteiger partial charge in [-0.15, -0.1) is 0 Å². The van der Waals surface area contributed by atoms with E-state index in [0.29, 0.717) is 33.7 Å². The zero-order valence-corrected chi connectivity index (χ0v) is 16.4. The Bertz CT molecular complexity index is 993. The Morgan fingerprint density at radius 2 is 1.82 bits per heavy atom. The average molecular weight is 399 g/mol. The molecule has 0 aliphatic rings. The van der Waals surface area contributed by atoms with Crippen molar-refractivity contribution in [2.75, 3.05) is 24.9 Å². The largest absolute Gasteiger partial charge is 0.497 e. The van der Waals surface area contributed by atoms with Crippen LogP contribution in [-0.2, 0) is 0 Å². The maximum Gasteiger partial charge on any atom is 0.275 e. The number of anilines is 3. The lowest BCUT2D eigenvalue weighted by atomic mass is 10.2. The van der Waals surface area contributed by atoms with E-state index in [4.69, 9.17) is 21.1 Å². The molecular formula is C20H19ClN4O3. The molecule has 0 fully saturated rings. The van der Waals surface area contributed by atoms with Crippen LogP contribution in [0.2, 0.25) is 5.02 Å². The van der Waals surface area contributed by atoms with Gasteiger partial charge in [0.25, 0.3) is 5.91 Å². The van der Waals surface area contributed by atoms with Gasteiger partial charge in [0.15, 0.2) is 0 Å². The molecule has 0 atom stereocenters. The number of aromatic nitrogens is 2. The van der Waals surface area contributed by atoms with Crippen LogP contribution in [0.1, 0.15) is 16.1 Å². The molecule has 0 bridgehead atoms. The van der Waals surface area contributed by atoms with Crippen molar-refractivity contribution in [3.05, 3.63) is 65.1 Å². The minimum atomic E-state index is -0.358. The second kappa shape index (κ2) is 8.58. The Morgan fingerprint density at radius 1 is 1.00 bits per heavy atom. The summed E-state index contributed by atoms with van der Waals surface area (Å²) in [6, 6.07) is 10.6. The molecule has 0 aliphatic heterocycles. The molecule has 2 N–H and O–H groups in total. The third-order valence-corrected chi connectivity index (χ3v) is 4.23. The van der Waals surface area contributed by atoms with Crippen LogP contribution in [0.3, 0.4) is 0 Å². The highest BCUT2D eigenvalue weighted by molar-refractivity contribution is 6.30. The Labute approximate surface area is 167 Å². The summed E-state index contributed by atoms with van der Waals surface area (Å²) in [6.45, 7) is 1.86. The second-order valence-corrected chi connectivity index (χ2v) is 6.33. The molecule has 144 valence electrons. The number of carbonyl (C=O) groups is 1. The number of nitrogens with one attached hydrogen (secondary N) is 2. The van der Waals surface area contributed by atoms with Gasteiger partial charge in [0.05, 0.1) is 32.3 Å². The lowest BCUT2D eigenvalue weighted by molar-refractivity contribution is 0.102. The molecule has 1 aromatic heterocycles. The highest BCUT2D eigenvalue weighted by Crippen LogP contribution is 2.30. The first-order valence-electron chi connectivity index (χ1n) is 8.38. The molecule has 0 aliphatic carbocycles. The number of aryl methyl sites for hydroxylation is 1. The van der Waals surface area contributed by atoms with Crippen LogP contribution in [0.4, 0.5) is 17.2 Å². The Kier molecular flexibility index (Phi) is 5.96. The number of nitrogens with zero attached hydrogens (tertiary/aromatic N) is 2. The van der Waals surface area contributed by atoms with Gasteiger partial charge in [-0.3, -0.25) is 4.79 Å². The summed E-state index contributed by atoms with van der Waals surface area (Å²) < 4.78 is 10.5. The van der Waals surface area contributed by atoms with Gasteiger partial charge in [-0.05, 0) is 42.8 Å². The fraction of sp³-hybridized carbons (Fsp3) is 0.150. The summed E-state index contributed by atoms with van der Waals surface area (Å²) in [5, 5.41) is 6.51. The monoisotopic (exact) mass is 398 g/mol. The zero-order valence-electron chi connectivity index (χ0n) is 15.6. The quantitative estimate of drug-likeness (QED) is 0.638. The van der Waals surface area contributed by atoms with Crippen LogP contribution in [0.25, 0.3) is 0 Å². The van der Waals surface area contributed by atoms with E-state index in [0.717, 1.165) is 5.56 Å². The maximum absolute atomic E-state index is 12.4. The molecule has 0 unspecified atom stereocenters. The number of halogens is 1. The third kappa shape index (κ3) is 4.50. The van der Waals surface area contributed by atoms with Gasteiger partial charge in [0.2, 0.25) is 0 Å². The highest BCUT2D eigenvalue weighted by atomic mass is 35.5. The fourth-order valence-electron chi connectivity index (χ4n) is 2.51. The van der Waals surface area contributed by atoms with Crippen molar-refractivity contribution < 1.29 is 14.3 Å². The summed E-state index contributed by atoms with van der Waals surface area (Å²) in [6.07, 6.45) is 2.87. The average Bonchev–Trinajstić information content (AvgIpc) is 2.70. The molecule has 3 aromatic rings. The van der Waals surface area contributed by atoms with Crippen molar-refractivity contribution in [2.45, 2.75) is 6.92 Å². The summed E-state index contributed by atoms with van der Waals surface area (Å²) in [5.41, 5.74) is 2.39. The molecule has 28 heavy (non-hydrogen) atoms. The number of ether oxygens (including phenoxy) is 2. The summed E-state index contributed by atoms with van der Waals surface area (Å²) in [4.78, 5) is 20.8. The van der Waals surface area contributed by atoms with Gasteiger partial charge in [0, 0.05) is 16.8 Å². The van der Waals surface area contributed by atoms with Crippen molar-refractivity contribution in [1.29, 1.82) is 0 Å². The van der Waals surface area contributed by atoms with Crippen LogP contribution in [0, 0.1) is 6.92 Å². The molecule has 0 saturated carbocycles. The van der Waals surface area contributed by atoms with E-state index < -0.39 is 0 Å². The number of benzene rings is 2. The number of hydrogen-bond acceptors (Lipinski definition) is 6. The van der Waals surface area contributed by atoms with Crippen molar-refractivity contribution in [3.8, 4) is 11.5 Å². The lowest BCUT2D eigenvalue weighted by Gasteiger charge is -2.12. The van der Waals surface area contributed by atoms with Gasteiger partial charge in [0.1, 0.15) is 23.0 Å². The zero-order chi connectivity index (χ0) is 20.1. The lowest BCUT2D eigenvalue weighted by Crippen LogP contribution is -2.15. The first kappa shape index (κ1) is 19.4. The maximum atomic E-state index is 12.4. The summed E-state index contributed by atoms with van der Waals surface area (Å²) in [7, 11) is 3.16. The molecule has 8 heteroatoms. The fourth-order valence-corrected chi connectivity index (χ4v) is 2.74. The Balaban J connectivity index is 1.74. The van der Waals surface area contributed by atoms with E-state index in [1.807, 2.05) is 6.92 Å². The van der Waals surface area contributed by atoms with Crippen LogP contribution in [-0.4, -0.2) is 30.1 Å². The van der Waals surface area contributed by atoms with Crippen LogP contribution >= 0.6 is 11.6 Å². The SMILES string of the molecule is COc1ccc(OC)c(Nc2cnc(C(=O)Nc3ccc(Cl)cc3C)cn2)c1. The summed E-state index contributed by atoms with van der Waals surface area (Å²) in [5.74, 6) is 1.41. The molecule has 7 nitrogen and oxygen atoms in total. The van der Waals surface area contributed by atoms with Gasteiger partial charge in [-0.25, -0.2) is 9.97 Å². The molecule has 3 rings (SSSR count). The minimum absolute atomic E-state index is 0.192. The van der Waals surface area contributed by atoms with Crippen LogP contribution in [0.15, 0.2) is 48.8 Å². The number of carbonyl (C=O) groups excluding carboxylic acids is 1. The predicted octanol–water partition coefficient (Wildman–Crippen LogP) is 4.45. The molecular weight excluding hydrogens is 380 g/mol. The van der Waals surface area contributed by atoms with E-state index in [1.165, 1.54) is 12.4 Å². The predicted molar refractivity (Wildman–Crippen MR) is 109 cm³/mol. The third-order valence-electron chi connectivity index (χ3n) is 3.99. The van der Waals surface area contributed by atoms with E-state index in [9.17, 15) is 4.79 Å². The molecule has 1 heterocycles. The van der Waals surface area contributed by atoms with Crippen molar-refractivity contribution >= 4 is 34.7 Å². The first-order valence-corrected chi connectivity index (χ1v) is 8.76. The molecule has 0 saturated heterocycles. The van der Waals surface area contributed by atoms with E-state index >= 15 is 0 Å². The van der Waals surface area contributed by atoms with E-state index in [2.05, 4.69) is 20.6 Å². The highest BCUT2D eigenvalue weighted by Gasteiger charge is 2.11. The topological polar surface area (TPSA) is 85.4 Å². The van der Waals surface area contributed by atoms with Gasteiger partial charge in [-0.1, -0.05) is 11.6 Å². The number of methoxy groups -OCH3 is 2. The number of amides is 1. The van der Waals surface area contributed by atoms with Gasteiger partial charge < -0.3 is 20.1 Å². The van der Waals surface area contributed by atoms with Gasteiger partial charge in [-0.2, -0.15) is 0 Å². The molecule has 0 radical (unpaired) electrons. The van der Waals surface area contributed by atoms with Crippen LogP contribution in [0.5, 0.6) is 11.5 Å². The van der Waals surface area contributed by atoms with E-state index in [-0.39, 0.29) is 11.6 Å². The van der Waals surface area contributed by atoms with Crippen molar-refractivity contribution in [3.63, 3.8) is 0 Å². The van der Waals surface area contributed by atoms with Crippen molar-refractivity contribution in [1.82, 2.24) is 9.97 Å². The minimum Gasteiger partial charge on any atom is -0.497 e.